The summed E-state index contributed by atoms with van der Waals surface area (Å²) in [7, 11) is 3.17. The minimum Gasteiger partial charge on any atom is -0.497 e. The lowest BCUT2D eigenvalue weighted by molar-refractivity contribution is 0.0920. The van der Waals surface area contributed by atoms with Gasteiger partial charge in [-0.2, -0.15) is 4.98 Å². The number of rotatable bonds is 9. The zero-order valence-corrected chi connectivity index (χ0v) is 24.1. The summed E-state index contributed by atoms with van der Waals surface area (Å²) in [6.45, 7) is 2.96. The van der Waals surface area contributed by atoms with Crippen LogP contribution in [0.5, 0.6) is 17.5 Å². The minimum atomic E-state index is -0.390. The average molecular weight is 577 g/mol. The fourth-order valence-corrected chi connectivity index (χ4v) is 6.03. The van der Waals surface area contributed by atoms with E-state index in [0.717, 1.165) is 36.8 Å². The third-order valence-electron chi connectivity index (χ3n) is 7.59. The van der Waals surface area contributed by atoms with Crippen molar-refractivity contribution in [2.24, 2.45) is 0 Å². The third kappa shape index (κ3) is 5.58. The molecule has 0 bridgehead atoms. The van der Waals surface area contributed by atoms with Crippen LogP contribution in [0.25, 0.3) is 10.3 Å². The summed E-state index contributed by atoms with van der Waals surface area (Å²) >= 11 is 1.33. The van der Waals surface area contributed by atoms with Crippen LogP contribution in [0.2, 0.25) is 0 Å². The summed E-state index contributed by atoms with van der Waals surface area (Å²) in [6, 6.07) is 15.0. The second-order valence-corrected chi connectivity index (χ2v) is 11.6. The van der Waals surface area contributed by atoms with Gasteiger partial charge in [0.15, 0.2) is 10.3 Å². The normalized spacial score (nSPS) is 17.4. The molecule has 1 amide bonds. The Morgan fingerprint density at radius 1 is 1.10 bits per heavy atom. The fourth-order valence-electron chi connectivity index (χ4n) is 4.96. The fraction of sp³-hybridized carbons (Fsp3) is 0.400. The second kappa shape index (κ2) is 11.0. The number of hydrogen-bond donors (Lipinski definition) is 0. The number of benzene rings is 2. The maximum atomic E-state index is 13.9. The third-order valence-corrected chi connectivity index (χ3v) is 8.64. The van der Waals surface area contributed by atoms with E-state index in [1.807, 2.05) is 49.4 Å². The molecule has 0 unspecified atom stereocenters. The Kier molecular flexibility index (Phi) is 7.29. The van der Waals surface area contributed by atoms with Crippen molar-refractivity contribution < 1.29 is 23.7 Å². The van der Waals surface area contributed by atoms with Crippen LogP contribution in [0, 0.1) is 0 Å². The Hall–Kier alpha value is -4.12. The Labute approximate surface area is 241 Å². The highest BCUT2D eigenvalue weighted by Crippen LogP contribution is 2.40. The van der Waals surface area contributed by atoms with Gasteiger partial charge in [-0.15, -0.1) is 0 Å². The lowest BCUT2D eigenvalue weighted by Gasteiger charge is -2.22. The predicted octanol–water partition coefficient (Wildman–Crippen LogP) is 5.32. The monoisotopic (exact) mass is 576 g/mol. The Morgan fingerprint density at radius 2 is 1.90 bits per heavy atom. The predicted molar refractivity (Wildman–Crippen MR) is 154 cm³/mol. The molecular weight excluding hydrogens is 544 g/mol. The molecule has 1 atom stereocenters. The molecule has 10 nitrogen and oxygen atoms in total. The molecule has 2 aromatic carbocycles. The highest BCUT2D eigenvalue weighted by molar-refractivity contribution is 7.18. The van der Waals surface area contributed by atoms with Crippen molar-refractivity contribution in [3.05, 3.63) is 75.0 Å². The van der Waals surface area contributed by atoms with E-state index >= 15 is 0 Å². The Bertz CT molecular complexity index is 1630. The van der Waals surface area contributed by atoms with Crippen LogP contribution < -0.4 is 19.8 Å². The number of likely N-dealkylation sites (tertiary alicyclic amines) is 1. The van der Waals surface area contributed by atoms with Crippen LogP contribution in [-0.4, -0.2) is 51.9 Å². The maximum Gasteiger partial charge on any atom is 0.410 e. The first-order valence-electron chi connectivity index (χ1n) is 13.7. The van der Waals surface area contributed by atoms with Crippen molar-refractivity contribution in [3.63, 3.8) is 0 Å². The van der Waals surface area contributed by atoms with Gasteiger partial charge < -0.3 is 18.9 Å². The first kappa shape index (κ1) is 27.1. The van der Waals surface area contributed by atoms with Crippen molar-refractivity contribution in [1.29, 1.82) is 0 Å². The van der Waals surface area contributed by atoms with Gasteiger partial charge >= 0.3 is 12.1 Å². The van der Waals surface area contributed by atoms with Gasteiger partial charge in [0.05, 0.1) is 26.8 Å². The van der Waals surface area contributed by atoms with Crippen molar-refractivity contribution in [2.75, 3.05) is 20.8 Å². The van der Waals surface area contributed by atoms with Crippen LogP contribution in [0.15, 0.2) is 53.3 Å². The number of carbonyl (C=O) groups is 1. The summed E-state index contributed by atoms with van der Waals surface area (Å²) in [4.78, 5) is 38.6. The second-order valence-electron chi connectivity index (χ2n) is 10.6. The summed E-state index contributed by atoms with van der Waals surface area (Å²) in [6.07, 6.45) is 2.95. The maximum absolute atomic E-state index is 13.9. The van der Waals surface area contributed by atoms with E-state index in [4.69, 9.17) is 28.9 Å². The zero-order valence-electron chi connectivity index (χ0n) is 23.3. The molecule has 1 aliphatic heterocycles. The lowest BCUT2D eigenvalue weighted by Crippen LogP contribution is -2.31. The number of amides is 1. The van der Waals surface area contributed by atoms with Gasteiger partial charge in [0, 0.05) is 18.2 Å². The van der Waals surface area contributed by atoms with Gasteiger partial charge in [0.25, 0.3) is 5.56 Å². The Balaban J connectivity index is 1.32. The van der Waals surface area contributed by atoms with Crippen molar-refractivity contribution in [2.45, 2.75) is 57.4 Å². The van der Waals surface area contributed by atoms with E-state index in [1.165, 1.54) is 15.9 Å². The molecule has 2 aromatic heterocycles. The Morgan fingerprint density at radius 3 is 2.63 bits per heavy atom. The molecular formula is C30H32N4O6S. The first-order valence-corrected chi connectivity index (χ1v) is 14.5. The van der Waals surface area contributed by atoms with Gasteiger partial charge in [0.2, 0.25) is 0 Å². The van der Waals surface area contributed by atoms with Crippen molar-refractivity contribution in [1.82, 2.24) is 19.4 Å². The average Bonchev–Trinajstić information content (AvgIpc) is 3.35. The van der Waals surface area contributed by atoms with Gasteiger partial charge in [-0.25, -0.2) is 9.78 Å². The molecule has 0 spiro atoms. The first-order chi connectivity index (χ1) is 19.9. The van der Waals surface area contributed by atoms with Crippen LogP contribution in [0.1, 0.15) is 54.8 Å². The number of fused-ring (bicyclic) bond motifs is 1. The van der Waals surface area contributed by atoms with Crippen molar-refractivity contribution >= 4 is 27.8 Å². The van der Waals surface area contributed by atoms with E-state index in [2.05, 4.69) is 0 Å². The highest BCUT2D eigenvalue weighted by Gasteiger charge is 2.42. The lowest BCUT2D eigenvalue weighted by atomic mass is 10.2. The molecule has 2 aliphatic rings. The van der Waals surface area contributed by atoms with E-state index in [0.29, 0.717) is 27.9 Å². The number of nitrogens with zero attached hydrogens (tertiary/aromatic N) is 4. The van der Waals surface area contributed by atoms with Gasteiger partial charge in [-0.3, -0.25) is 14.3 Å². The molecule has 214 valence electrons. The largest absolute Gasteiger partial charge is 0.497 e. The van der Waals surface area contributed by atoms with E-state index in [1.54, 1.807) is 25.2 Å². The highest BCUT2D eigenvalue weighted by atomic mass is 32.1. The topological polar surface area (TPSA) is 105 Å². The van der Waals surface area contributed by atoms with Crippen LogP contribution in [-0.2, 0) is 17.9 Å². The number of methoxy groups -OCH3 is 2. The molecule has 2 fully saturated rings. The summed E-state index contributed by atoms with van der Waals surface area (Å²) < 4.78 is 24.3. The molecule has 3 heterocycles. The van der Waals surface area contributed by atoms with Crippen LogP contribution in [0.3, 0.4) is 0 Å². The quantitative estimate of drug-likeness (QED) is 0.264. The minimum absolute atomic E-state index is 0.189. The number of ether oxygens (including phenoxy) is 4. The molecule has 0 radical (unpaired) electrons. The number of aromatic nitrogens is 3. The molecule has 0 N–H and O–H groups in total. The molecule has 41 heavy (non-hydrogen) atoms. The van der Waals surface area contributed by atoms with E-state index < -0.39 is 6.09 Å². The van der Waals surface area contributed by atoms with Gasteiger partial charge in [-0.05, 0) is 50.3 Å². The van der Waals surface area contributed by atoms with Crippen LogP contribution in [0.4, 0.5) is 4.79 Å². The summed E-state index contributed by atoms with van der Waals surface area (Å²) in [5.41, 5.74) is 1.31. The van der Waals surface area contributed by atoms with E-state index in [-0.39, 0.29) is 41.9 Å². The van der Waals surface area contributed by atoms with Crippen molar-refractivity contribution in [3.8, 4) is 17.5 Å². The SMILES string of the molecule is COc1ccc(Cn2c(OC3(C)CC3)nc3sc([C@H]4CCCN4C(=O)OCc4ccccc4)nc3c2=O)c(OC)c1. The number of thiazole rings is 1. The standard InChI is InChI=1S/C30H32N4O6S/c1-30(13-14-30)40-28-32-26-24(27(35)34(28)17-20-11-12-21(37-2)16-23(20)38-3)31-25(41-26)22-10-7-15-33(22)29(36)39-18-19-8-5-4-6-9-19/h4-6,8-9,11-12,16,22H,7,10,13-15,17-18H2,1-3H3/t22-/m1/s1. The molecule has 6 rings (SSSR count). The molecule has 1 saturated heterocycles. The van der Waals surface area contributed by atoms with Gasteiger partial charge in [-0.1, -0.05) is 41.7 Å². The number of hydrogen-bond acceptors (Lipinski definition) is 9. The zero-order chi connectivity index (χ0) is 28.6. The molecule has 4 aromatic rings. The molecule has 1 aliphatic carbocycles. The van der Waals surface area contributed by atoms with E-state index in [9.17, 15) is 9.59 Å². The van der Waals surface area contributed by atoms with Crippen LogP contribution >= 0.6 is 11.3 Å². The van der Waals surface area contributed by atoms with Gasteiger partial charge in [0.1, 0.15) is 28.7 Å². The number of carbonyl (C=O) groups excluding carboxylic acids is 1. The molecule has 11 heteroatoms. The summed E-state index contributed by atoms with van der Waals surface area (Å²) in [5.74, 6) is 1.25. The summed E-state index contributed by atoms with van der Waals surface area (Å²) in [5, 5.41) is 0.669. The smallest absolute Gasteiger partial charge is 0.410 e. The molecule has 1 saturated carbocycles.